The summed E-state index contributed by atoms with van der Waals surface area (Å²) >= 11 is 1.82. The highest BCUT2D eigenvalue weighted by Crippen LogP contribution is 2.33. The van der Waals surface area contributed by atoms with Crippen LogP contribution in [0.15, 0.2) is 29.3 Å². The summed E-state index contributed by atoms with van der Waals surface area (Å²) < 4.78 is 13.2. The molecule has 0 aliphatic carbocycles. The van der Waals surface area contributed by atoms with Crippen molar-refractivity contribution >= 4 is 16.9 Å². The van der Waals surface area contributed by atoms with E-state index in [4.69, 9.17) is 0 Å². The fourth-order valence-corrected chi connectivity index (χ4v) is 3.27. The second-order valence-corrected chi connectivity index (χ2v) is 5.15. The SMILES string of the molecule is Fc1cccc(C2CN=C3SCCCN32)c1. The summed E-state index contributed by atoms with van der Waals surface area (Å²) in [6, 6.07) is 7.14. The Hall–Kier alpha value is -1.03. The van der Waals surface area contributed by atoms with Crippen LogP contribution in [-0.2, 0) is 0 Å². The van der Waals surface area contributed by atoms with Crippen LogP contribution in [0.3, 0.4) is 0 Å². The Labute approximate surface area is 98.6 Å². The van der Waals surface area contributed by atoms with Crippen molar-refractivity contribution in [3.05, 3.63) is 35.6 Å². The van der Waals surface area contributed by atoms with Gasteiger partial charge in [0, 0.05) is 12.3 Å². The van der Waals surface area contributed by atoms with Gasteiger partial charge in [0.25, 0.3) is 0 Å². The van der Waals surface area contributed by atoms with Crippen molar-refractivity contribution in [2.45, 2.75) is 12.5 Å². The maximum absolute atomic E-state index is 13.2. The summed E-state index contributed by atoms with van der Waals surface area (Å²) in [4.78, 5) is 6.84. The van der Waals surface area contributed by atoms with Gasteiger partial charge in [-0.05, 0) is 24.1 Å². The minimum absolute atomic E-state index is 0.157. The molecule has 1 unspecified atom stereocenters. The van der Waals surface area contributed by atoms with E-state index in [1.807, 2.05) is 17.8 Å². The number of hydrogen-bond donors (Lipinski definition) is 0. The van der Waals surface area contributed by atoms with Gasteiger partial charge in [-0.25, -0.2) is 4.39 Å². The van der Waals surface area contributed by atoms with Crippen LogP contribution in [0.5, 0.6) is 0 Å². The molecule has 1 aromatic rings. The fraction of sp³-hybridized carbons (Fsp3) is 0.417. The third-order valence-electron chi connectivity index (χ3n) is 3.03. The molecule has 3 rings (SSSR count). The molecule has 1 saturated heterocycles. The van der Waals surface area contributed by atoms with Crippen LogP contribution in [-0.4, -0.2) is 28.9 Å². The normalized spacial score (nSPS) is 24.2. The van der Waals surface area contributed by atoms with Crippen molar-refractivity contribution in [3.63, 3.8) is 0 Å². The number of benzene rings is 1. The Kier molecular flexibility index (Phi) is 2.59. The van der Waals surface area contributed by atoms with Crippen molar-refractivity contribution in [1.82, 2.24) is 4.90 Å². The van der Waals surface area contributed by atoms with Crippen LogP contribution < -0.4 is 0 Å². The first-order valence-electron chi connectivity index (χ1n) is 5.54. The molecule has 1 atom stereocenters. The summed E-state index contributed by atoms with van der Waals surface area (Å²) in [6.45, 7) is 1.82. The Balaban J connectivity index is 1.87. The molecule has 2 aliphatic heterocycles. The van der Waals surface area contributed by atoms with Crippen LogP contribution in [0.1, 0.15) is 18.0 Å². The lowest BCUT2D eigenvalue weighted by molar-refractivity contribution is 0.352. The Morgan fingerprint density at radius 1 is 1.44 bits per heavy atom. The van der Waals surface area contributed by atoms with Crippen molar-refractivity contribution in [3.8, 4) is 0 Å². The summed E-state index contributed by atoms with van der Waals surface area (Å²) in [5.41, 5.74) is 1.04. The zero-order chi connectivity index (χ0) is 11.0. The quantitative estimate of drug-likeness (QED) is 0.745. The number of aliphatic imine (C=N–C) groups is 1. The van der Waals surface area contributed by atoms with Crippen molar-refractivity contribution < 1.29 is 4.39 Å². The van der Waals surface area contributed by atoms with Gasteiger partial charge in [-0.1, -0.05) is 23.9 Å². The van der Waals surface area contributed by atoms with E-state index < -0.39 is 0 Å². The van der Waals surface area contributed by atoms with Crippen molar-refractivity contribution in [1.29, 1.82) is 0 Å². The van der Waals surface area contributed by atoms with Gasteiger partial charge in [-0.15, -0.1) is 0 Å². The minimum Gasteiger partial charge on any atom is -0.343 e. The van der Waals surface area contributed by atoms with Crippen LogP contribution >= 0.6 is 11.8 Å². The number of hydrogen-bond acceptors (Lipinski definition) is 3. The molecule has 84 valence electrons. The highest BCUT2D eigenvalue weighted by Gasteiger charge is 2.31. The van der Waals surface area contributed by atoms with E-state index in [1.165, 1.54) is 12.5 Å². The molecular formula is C12H13FN2S. The zero-order valence-corrected chi connectivity index (χ0v) is 9.71. The molecule has 1 fully saturated rings. The Bertz CT molecular complexity index is 433. The van der Waals surface area contributed by atoms with Gasteiger partial charge in [0.2, 0.25) is 0 Å². The number of amidine groups is 1. The van der Waals surface area contributed by atoms with Crippen LogP contribution in [0.4, 0.5) is 4.39 Å². The first-order valence-corrected chi connectivity index (χ1v) is 6.52. The second-order valence-electron chi connectivity index (χ2n) is 4.09. The molecule has 0 radical (unpaired) electrons. The minimum atomic E-state index is -0.157. The molecule has 0 saturated carbocycles. The number of nitrogens with zero attached hydrogens (tertiary/aromatic N) is 2. The third kappa shape index (κ3) is 1.71. The number of halogens is 1. The number of thioether (sulfide) groups is 1. The molecule has 16 heavy (non-hydrogen) atoms. The highest BCUT2D eigenvalue weighted by molar-refractivity contribution is 8.13. The highest BCUT2D eigenvalue weighted by atomic mass is 32.2. The number of rotatable bonds is 1. The summed E-state index contributed by atoms with van der Waals surface area (Å²) in [5, 5.41) is 1.14. The van der Waals surface area contributed by atoms with Gasteiger partial charge in [0.15, 0.2) is 5.17 Å². The lowest BCUT2D eigenvalue weighted by Crippen LogP contribution is -2.33. The molecule has 4 heteroatoms. The third-order valence-corrected chi connectivity index (χ3v) is 4.14. The molecule has 0 spiro atoms. The van der Waals surface area contributed by atoms with E-state index in [0.29, 0.717) is 0 Å². The summed E-state index contributed by atoms with van der Waals surface area (Å²) in [7, 11) is 0. The van der Waals surface area contributed by atoms with Crippen LogP contribution in [0.2, 0.25) is 0 Å². The van der Waals surface area contributed by atoms with Gasteiger partial charge in [0.1, 0.15) is 5.82 Å². The summed E-state index contributed by atoms with van der Waals surface area (Å²) in [6.07, 6.45) is 1.19. The van der Waals surface area contributed by atoms with E-state index in [0.717, 1.165) is 29.6 Å². The lowest BCUT2D eigenvalue weighted by atomic mass is 10.1. The van der Waals surface area contributed by atoms with Crippen LogP contribution in [0.25, 0.3) is 0 Å². The monoisotopic (exact) mass is 236 g/mol. The molecule has 0 amide bonds. The topological polar surface area (TPSA) is 15.6 Å². The molecule has 0 aromatic heterocycles. The zero-order valence-electron chi connectivity index (χ0n) is 8.90. The molecule has 2 aliphatic rings. The average Bonchev–Trinajstić information content (AvgIpc) is 2.72. The molecule has 2 nitrogen and oxygen atoms in total. The smallest absolute Gasteiger partial charge is 0.159 e. The molecule has 1 aromatic carbocycles. The van der Waals surface area contributed by atoms with Gasteiger partial charge in [-0.2, -0.15) is 0 Å². The van der Waals surface area contributed by atoms with Gasteiger partial charge in [0.05, 0.1) is 12.6 Å². The largest absolute Gasteiger partial charge is 0.343 e. The van der Waals surface area contributed by atoms with E-state index in [-0.39, 0.29) is 11.9 Å². The first kappa shape index (κ1) is 10.1. The van der Waals surface area contributed by atoms with E-state index in [1.54, 1.807) is 12.1 Å². The maximum Gasteiger partial charge on any atom is 0.159 e. The first-order chi connectivity index (χ1) is 7.84. The van der Waals surface area contributed by atoms with Gasteiger partial charge >= 0.3 is 0 Å². The predicted molar refractivity (Wildman–Crippen MR) is 65.2 cm³/mol. The Morgan fingerprint density at radius 2 is 2.38 bits per heavy atom. The lowest BCUT2D eigenvalue weighted by Gasteiger charge is -2.30. The van der Waals surface area contributed by atoms with Gasteiger partial charge < -0.3 is 4.90 Å². The Morgan fingerprint density at radius 3 is 3.25 bits per heavy atom. The van der Waals surface area contributed by atoms with Crippen LogP contribution in [0, 0.1) is 5.82 Å². The maximum atomic E-state index is 13.2. The standard InChI is InChI=1S/C12H13FN2S/c13-10-4-1-3-9(7-10)11-8-14-12-15(11)5-2-6-16-12/h1,3-4,7,11H,2,5-6,8H2. The molecular weight excluding hydrogens is 223 g/mol. The van der Waals surface area contributed by atoms with Crippen molar-refractivity contribution in [2.24, 2.45) is 4.99 Å². The molecule has 2 heterocycles. The summed E-state index contributed by atoms with van der Waals surface area (Å²) in [5.74, 6) is 1.00. The van der Waals surface area contributed by atoms with E-state index in [9.17, 15) is 4.39 Å². The average molecular weight is 236 g/mol. The van der Waals surface area contributed by atoms with Gasteiger partial charge in [-0.3, -0.25) is 4.99 Å². The predicted octanol–water partition coefficient (Wildman–Crippen LogP) is 2.68. The molecule has 0 bridgehead atoms. The second kappa shape index (κ2) is 4.09. The van der Waals surface area contributed by atoms with E-state index >= 15 is 0 Å². The van der Waals surface area contributed by atoms with Crippen molar-refractivity contribution in [2.75, 3.05) is 18.8 Å². The fourth-order valence-electron chi connectivity index (χ4n) is 2.26. The number of fused-ring (bicyclic) bond motifs is 1. The molecule has 0 N–H and O–H groups in total. The van der Waals surface area contributed by atoms with E-state index in [2.05, 4.69) is 9.89 Å².